The van der Waals surface area contributed by atoms with Gasteiger partial charge in [0.2, 0.25) is 0 Å². The van der Waals surface area contributed by atoms with Gasteiger partial charge in [0.25, 0.3) is 0 Å². The van der Waals surface area contributed by atoms with E-state index in [4.69, 9.17) is 4.74 Å². The van der Waals surface area contributed by atoms with E-state index in [1.54, 1.807) is 0 Å². The highest BCUT2D eigenvalue weighted by atomic mass is 16.5. The van der Waals surface area contributed by atoms with E-state index in [1.165, 1.54) is 25.7 Å². The molecule has 0 bridgehead atoms. The molecule has 17 heavy (non-hydrogen) atoms. The molecule has 1 aliphatic heterocycles. The SMILES string of the molecule is CCNC1CCC(N2C[C@@H](C)O[C@@H](C)C2)CC1. The van der Waals surface area contributed by atoms with Gasteiger partial charge in [0, 0.05) is 25.2 Å². The summed E-state index contributed by atoms with van der Waals surface area (Å²) in [6.45, 7) is 9.97. The van der Waals surface area contributed by atoms with Gasteiger partial charge in [-0.2, -0.15) is 0 Å². The smallest absolute Gasteiger partial charge is 0.0678 e. The maximum atomic E-state index is 5.81. The van der Waals surface area contributed by atoms with E-state index >= 15 is 0 Å². The molecule has 0 spiro atoms. The van der Waals surface area contributed by atoms with E-state index in [-0.39, 0.29) is 0 Å². The van der Waals surface area contributed by atoms with Crippen molar-refractivity contribution < 1.29 is 4.74 Å². The van der Waals surface area contributed by atoms with Crippen LogP contribution in [-0.2, 0) is 4.74 Å². The third kappa shape index (κ3) is 3.67. The van der Waals surface area contributed by atoms with Gasteiger partial charge >= 0.3 is 0 Å². The van der Waals surface area contributed by atoms with Gasteiger partial charge in [0.15, 0.2) is 0 Å². The molecule has 1 aliphatic carbocycles. The summed E-state index contributed by atoms with van der Waals surface area (Å²) in [5.74, 6) is 0. The van der Waals surface area contributed by atoms with Gasteiger partial charge in [-0.3, -0.25) is 4.90 Å². The van der Waals surface area contributed by atoms with Crippen LogP contribution < -0.4 is 5.32 Å². The summed E-state index contributed by atoms with van der Waals surface area (Å²) in [6, 6.07) is 1.57. The summed E-state index contributed by atoms with van der Waals surface area (Å²) >= 11 is 0. The molecule has 0 aromatic carbocycles. The van der Waals surface area contributed by atoms with Crippen LogP contribution in [0, 0.1) is 0 Å². The summed E-state index contributed by atoms with van der Waals surface area (Å²) in [7, 11) is 0. The minimum Gasteiger partial charge on any atom is -0.373 e. The zero-order chi connectivity index (χ0) is 12.3. The lowest BCUT2D eigenvalue weighted by Gasteiger charge is -2.43. The standard InChI is InChI=1S/C14H28N2O/c1-4-15-13-5-7-14(8-6-13)16-9-11(2)17-12(3)10-16/h11-15H,4-10H2,1-3H3/t11-,12+,13?,14?. The minimum absolute atomic E-state index is 0.408. The molecular formula is C14H28N2O. The van der Waals surface area contributed by atoms with Crippen LogP contribution >= 0.6 is 0 Å². The van der Waals surface area contributed by atoms with E-state index in [1.807, 2.05) is 0 Å². The largest absolute Gasteiger partial charge is 0.373 e. The van der Waals surface area contributed by atoms with Crippen LogP contribution in [0.4, 0.5) is 0 Å². The Kier molecular flexibility index (Phi) is 4.83. The third-order valence-electron chi connectivity index (χ3n) is 4.15. The number of rotatable bonds is 3. The molecule has 0 aromatic rings. The lowest BCUT2D eigenvalue weighted by atomic mass is 9.89. The molecule has 1 saturated carbocycles. The number of morpholine rings is 1. The van der Waals surface area contributed by atoms with Crippen molar-refractivity contribution in [1.29, 1.82) is 0 Å². The van der Waals surface area contributed by atoms with Crippen molar-refractivity contribution in [2.45, 2.75) is 70.7 Å². The van der Waals surface area contributed by atoms with Crippen LogP contribution in [0.2, 0.25) is 0 Å². The summed E-state index contributed by atoms with van der Waals surface area (Å²) in [5, 5.41) is 3.58. The number of nitrogens with zero attached hydrogens (tertiary/aromatic N) is 1. The van der Waals surface area contributed by atoms with Crippen molar-refractivity contribution in [3.8, 4) is 0 Å². The normalized spacial score (nSPS) is 40.4. The molecule has 100 valence electrons. The van der Waals surface area contributed by atoms with Gasteiger partial charge in [-0.1, -0.05) is 6.92 Å². The molecule has 3 nitrogen and oxygen atoms in total. The van der Waals surface area contributed by atoms with Gasteiger partial charge < -0.3 is 10.1 Å². The molecule has 1 saturated heterocycles. The Balaban J connectivity index is 1.79. The van der Waals surface area contributed by atoms with Gasteiger partial charge in [0.1, 0.15) is 0 Å². The molecule has 2 rings (SSSR count). The molecule has 2 aliphatic rings. The third-order valence-corrected chi connectivity index (χ3v) is 4.15. The fourth-order valence-electron chi connectivity index (χ4n) is 3.45. The Labute approximate surface area is 106 Å². The first-order chi connectivity index (χ1) is 8.19. The monoisotopic (exact) mass is 240 g/mol. The topological polar surface area (TPSA) is 24.5 Å². The van der Waals surface area contributed by atoms with Crippen LogP contribution in [0.1, 0.15) is 46.5 Å². The summed E-state index contributed by atoms with van der Waals surface area (Å²) in [4.78, 5) is 2.67. The highest BCUT2D eigenvalue weighted by Gasteiger charge is 2.30. The van der Waals surface area contributed by atoms with Gasteiger partial charge in [-0.15, -0.1) is 0 Å². The number of nitrogens with one attached hydrogen (secondary N) is 1. The Morgan fingerprint density at radius 1 is 1.06 bits per heavy atom. The Hall–Kier alpha value is -0.120. The first-order valence-electron chi connectivity index (χ1n) is 7.32. The predicted octanol–water partition coefficient (Wildman–Crippen LogP) is 2.02. The molecule has 1 N–H and O–H groups in total. The second-order valence-electron chi connectivity index (χ2n) is 5.77. The molecular weight excluding hydrogens is 212 g/mol. The van der Waals surface area contributed by atoms with Crippen LogP contribution in [0.25, 0.3) is 0 Å². The fourth-order valence-corrected chi connectivity index (χ4v) is 3.45. The van der Waals surface area contributed by atoms with Crippen molar-refractivity contribution in [3.63, 3.8) is 0 Å². The van der Waals surface area contributed by atoms with Crippen molar-refractivity contribution in [2.75, 3.05) is 19.6 Å². The minimum atomic E-state index is 0.408. The first-order valence-corrected chi connectivity index (χ1v) is 7.32. The average Bonchev–Trinajstić information content (AvgIpc) is 2.29. The maximum Gasteiger partial charge on any atom is 0.0678 e. The zero-order valence-electron chi connectivity index (χ0n) is 11.6. The quantitative estimate of drug-likeness (QED) is 0.817. The fraction of sp³-hybridized carbons (Fsp3) is 1.00. The summed E-state index contributed by atoms with van der Waals surface area (Å²) in [5.41, 5.74) is 0. The van der Waals surface area contributed by atoms with E-state index < -0.39 is 0 Å². The van der Waals surface area contributed by atoms with Crippen LogP contribution in [-0.4, -0.2) is 48.8 Å². The van der Waals surface area contributed by atoms with E-state index in [0.29, 0.717) is 12.2 Å². The van der Waals surface area contributed by atoms with Gasteiger partial charge in [-0.25, -0.2) is 0 Å². The Morgan fingerprint density at radius 2 is 1.65 bits per heavy atom. The number of hydrogen-bond donors (Lipinski definition) is 1. The number of hydrogen-bond acceptors (Lipinski definition) is 3. The second-order valence-corrected chi connectivity index (χ2v) is 5.77. The summed E-state index contributed by atoms with van der Waals surface area (Å²) < 4.78 is 5.81. The molecule has 1 heterocycles. The maximum absolute atomic E-state index is 5.81. The molecule has 3 heteroatoms. The van der Waals surface area contributed by atoms with Crippen LogP contribution in [0.15, 0.2) is 0 Å². The predicted molar refractivity (Wildman–Crippen MR) is 71.3 cm³/mol. The van der Waals surface area contributed by atoms with E-state index in [9.17, 15) is 0 Å². The Morgan fingerprint density at radius 3 is 2.18 bits per heavy atom. The van der Waals surface area contributed by atoms with E-state index in [2.05, 4.69) is 31.0 Å². The van der Waals surface area contributed by atoms with Gasteiger partial charge in [-0.05, 0) is 46.1 Å². The molecule has 0 aromatic heterocycles. The van der Waals surface area contributed by atoms with Crippen LogP contribution in [0.3, 0.4) is 0 Å². The lowest BCUT2D eigenvalue weighted by molar-refractivity contribution is -0.0846. The second kappa shape index (κ2) is 6.17. The van der Waals surface area contributed by atoms with Crippen molar-refractivity contribution in [3.05, 3.63) is 0 Å². The van der Waals surface area contributed by atoms with Crippen LogP contribution in [0.5, 0.6) is 0 Å². The molecule has 2 atom stereocenters. The molecule has 0 amide bonds. The zero-order valence-corrected chi connectivity index (χ0v) is 11.6. The Bertz CT molecular complexity index is 216. The molecule has 2 fully saturated rings. The molecule has 0 radical (unpaired) electrons. The van der Waals surface area contributed by atoms with Crippen molar-refractivity contribution >= 4 is 0 Å². The van der Waals surface area contributed by atoms with Crippen molar-refractivity contribution in [1.82, 2.24) is 10.2 Å². The van der Waals surface area contributed by atoms with Gasteiger partial charge in [0.05, 0.1) is 12.2 Å². The highest BCUT2D eigenvalue weighted by Crippen LogP contribution is 2.25. The van der Waals surface area contributed by atoms with Crippen molar-refractivity contribution in [2.24, 2.45) is 0 Å². The lowest BCUT2D eigenvalue weighted by Crippen LogP contribution is -2.51. The molecule has 0 unspecified atom stereocenters. The summed E-state index contributed by atoms with van der Waals surface area (Å²) in [6.07, 6.45) is 6.22. The number of ether oxygens (including phenoxy) is 1. The first kappa shape index (κ1) is 13.3. The average molecular weight is 240 g/mol. The highest BCUT2D eigenvalue weighted by molar-refractivity contribution is 4.86. The van der Waals surface area contributed by atoms with E-state index in [0.717, 1.165) is 31.7 Å².